The number of ether oxygens (including phenoxy) is 1. The molecule has 0 aromatic carbocycles. The Morgan fingerprint density at radius 2 is 2.20 bits per heavy atom. The van der Waals surface area contributed by atoms with E-state index in [0.717, 1.165) is 25.0 Å². The van der Waals surface area contributed by atoms with Gasteiger partial charge in [-0.2, -0.15) is 4.98 Å². The van der Waals surface area contributed by atoms with Gasteiger partial charge in [-0.15, -0.1) is 0 Å². The summed E-state index contributed by atoms with van der Waals surface area (Å²) in [5, 5.41) is 0. The summed E-state index contributed by atoms with van der Waals surface area (Å²) in [5.74, 6) is 0. The van der Waals surface area contributed by atoms with Crippen molar-refractivity contribution in [2.45, 2.75) is 51.6 Å². The lowest BCUT2D eigenvalue weighted by molar-refractivity contribution is 0.112. The molecule has 2 N–H and O–H groups in total. The summed E-state index contributed by atoms with van der Waals surface area (Å²) in [4.78, 5) is 21.9. The normalized spacial score (nSPS) is 19.8. The molecule has 0 saturated carbocycles. The van der Waals surface area contributed by atoms with Gasteiger partial charge >= 0.3 is 12.1 Å². The minimum atomic E-state index is -0.469. The molecule has 1 aromatic heterocycles. The van der Waals surface area contributed by atoms with E-state index in [9.17, 15) is 4.79 Å². The van der Waals surface area contributed by atoms with Gasteiger partial charge in [-0.3, -0.25) is 4.90 Å². The quantitative estimate of drug-likeness (QED) is 0.850. The van der Waals surface area contributed by atoms with E-state index in [-0.39, 0.29) is 17.6 Å². The summed E-state index contributed by atoms with van der Waals surface area (Å²) in [5.41, 5.74) is 6.63. The topological polar surface area (TPSA) is 81.3 Å². The minimum absolute atomic E-state index is 0.0835. The zero-order valence-electron chi connectivity index (χ0n) is 12.3. The summed E-state index contributed by atoms with van der Waals surface area (Å²) in [6.45, 7) is 6.75. The number of aromatic nitrogens is 2. The van der Waals surface area contributed by atoms with E-state index in [0.29, 0.717) is 6.54 Å². The highest BCUT2D eigenvalue weighted by Gasteiger charge is 2.26. The van der Waals surface area contributed by atoms with Crippen LogP contribution >= 0.6 is 0 Å². The van der Waals surface area contributed by atoms with Crippen LogP contribution in [0.4, 0.5) is 4.79 Å². The van der Waals surface area contributed by atoms with Gasteiger partial charge in [0.05, 0.1) is 11.9 Å². The number of hydrogen-bond donors (Lipinski definition) is 1. The molecule has 0 aliphatic carbocycles. The average Bonchev–Trinajstić information content (AvgIpc) is 2.38. The van der Waals surface area contributed by atoms with Gasteiger partial charge < -0.3 is 10.5 Å². The average molecular weight is 278 g/mol. The van der Waals surface area contributed by atoms with Crippen molar-refractivity contribution in [3.63, 3.8) is 0 Å². The van der Waals surface area contributed by atoms with Crippen LogP contribution in [0.2, 0.25) is 0 Å². The van der Waals surface area contributed by atoms with E-state index < -0.39 is 6.09 Å². The van der Waals surface area contributed by atoms with Crippen molar-refractivity contribution in [2.24, 2.45) is 5.73 Å². The molecule has 1 atom stereocenters. The van der Waals surface area contributed by atoms with Crippen molar-refractivity contribution in [1.29, 1.82) is 0 Å². The zero-order valence-corrected chi connectivity index (χ0v) is 12.3. The molecule has 1 aliphatic rings. The monoisotopic (exact) mass is 278 g/mol. The molecule has 0 spiro atoms. The molecule has 2 heterocycles. The molecule has 1 amide bonds. The van der Waals surface area contributed by atoms with Gasteiger partial charge in [0.25, 0.3) is 0 Å². The van der Waals surface area contributed by atoms with E-state index >= 15 is 0 Å². The maximum Gasteiger partial charge on any atom is 0.418 e. The first-order chi connectivity index (χ1) is 9.38. The second-order valence-corrected chi connectivity index (χ2v) is 6.10. The molecule has 6 heteroatoms. The molecular weight excluding hydrogens is 256 g/mol. The van der Waals surface area contributed by atoms with Crippen LogP contribution in [0.25, 0.3) is 0 Å². The van der Waals surface area contributed by atoms with E-state index in [1.165, 1.54) is 4.90 Å². The van der Waals surface area contributed by atoms with Gasteiger partial charge in [0.15, 0.2) is 0 Å². The summed E-state index contributed by atoms with van der Waals surface area (Å²) < 4.78 is 5.24. The zero-order chi connectivity index (χ0) is 14.8. The molecule has 1 fully saturated rings. The first kappa shape index (κ1) is 14.7. The second kappa shape index (κ2) is 5.75. The summed E-state index contributed by atoms with van der Waals surface area (Å²) >= 11 is 0. The number of nitrogens with two attached hydrogens (primary N) is 1. The minimum Gasteiger partial charge on any atom is -0.374 e. The van der Waals surface area contributed by atoms with Crippen molar-refractivity contribution in [1.82, 2.24) is 14.9 Å². The molecule has 20 heavy (non-hydrogen) atoms. The third-order valence-electron chi connectivity index (χ3n) is 3.36. The van der Waals surface area contributed by atoms with E-state index in [4.69, 9.17) is 10.5 Å². The Hall–Kier alpha value is -1.69. The Kier molecular flexibility index (Phi) is 4.23. The second-order valence-electron chi connectivity index (χ2n) is 6.10. The highest BCUT2D eigenvalue weighted by Crippen LogP contribution is 2.21. The van der Waals surface area contributed by atoms with Crippen LogP contribution in [0, 0.1) is 0 Å². The molecule has 0 bridgehead atoms. The number of carbonyl (C=O) groups excluding carboxylic acids is 1. The summed E-state index contributed by atoms with van der Waals surface area (Å²) in [6.07, 6.45) is 3.65. The fraction of sp³-hybridized carbons (Fsp3) is 0.643. The molecular formula is C14H22N4O2. The van der Waals surface area contributed by atoms with E-state index in [1.54, 1.807) is 6.20 Å². The molecule has 1 unspecified atom stereocenters. The fourth-order valence-corrected chi connectivity index (χ4v) is 2.13. The first-order valence-corrected chi connectivity index (χ1v) is 6.95. The summed E-state index contributed by atoms with van der Waals surface area (Å²) in [7, 11) is 0. The van der Waals surface area contributed by atoms with Gasteiger partial charge in [-0.05, 0) is 25.3 Å². The highest BCUT2D eigenvalue weighted by atomic mass is 16.6. The number of carbonyl (C=O) groups is 1. The lowest BCUT2D eigenvalue weighted by atomic mass is 9.92. The molecule has 1 aromatic rings. The largest absolute Gasteiger partial charge is 0.418 e. The maximum absolute atomic E-state index is 12.1. The molecule has 0 radical (unpaired) electrons. The number of piperidine rings is 1. The summed E-state index contributed by atoms with van der Waals surface area (Å²) in [6, 6.07) is 1.91. The van der Waals surface area contributed by atoms with Crippen LogP contribution in [0.5, 0.6) is 6.01 Å². The predicted molar refractivity (Wildman–Crippen MR) is 75.3 cm³/mol. The standard InChI is InChI=1S/C14H22N4O2/c1-14(2,3)10-7-8-16-12(17-10)20-13(19)18-9-5-4-6-11(18)15/h7-8,11H,4-6,9,15H2,1-3H3. The van der Waals surface area contributed by atoms with Crippen molar-refractivity contribution >= 4 is 6.09 Å². The lowest BCUT2D eigenvalue weighted by Gasteiger charge is -2.31. The number of nitrogens with zero attached hydrogens (tertiary/aromatic N) is 3. The Morgan fingerprint density at radius 1 is 1.45 bits per heavy atom. The van der Waals surface area contributed by atoms with Crippen LogP contribution in [-0.2, 0) is 5.41 Å². The van der Waals surface area contributed by atoms with Crippen LogP contribution in [-0.4, -0.2) is 33.7 Å². The third kappa shape index (κ3) is 3.45. The van der Waals surface area contributed by atoms with Gasteiger partial charge in [-0.25, -0.2) is 9.78 Å². The van der Waals surface area contributed by atoms with E-state index in [1.807, 2.05) is 26.8 Å². The highest BCUT2D eigenvalue weighted by molar-refractivity contribution is 5.70. The van der Waals surface area contributed by atoms with Crippen LogP contribution in [0.15, 0.2) is 12.3 Å². The fourth-order valence-electron chi connectivity index (χ4n) is 2.13. The Balaban J connectivity index is 2.08. The molecule has 6 nitrogen and oxygen atoms in total. The van der Waals surface area contributed by atoms with Gasteiger partial charge in [0, 0.05) is 18.2 Å². The Labute approximate surface area is 119 Å². The first-order valence-electron chi connectivity index (χ1n) is 6.95. The molecule has 1 aliphatic heterocycles. The van der Waals surface area contributed by atoms with Crippen molar-refractivity contribution in [2.75, 3.05) is 6.54 Å². The molecule has 1 saturated heterocycles. The lowest BCUT2D eigenvalue weighted by Crippen LogP contribution is -2.49. The Morgan fingerprint density at radius 3 is 2.85 bits per heavy atom. The van der Waals surface area contributed by atoms with Crippen LogP contribution < -0.4 is 10.5 Å². The van der Waals surface area contributed by atoms with Gasteiger partial charge in [0.1, 0.15) is 0 Å². The van der Waals surface area contributed by atoms with Crippen LogP contribution in [0.3, 0.4) is 0 Å². The van der Waals surface area contributed by atoms with Gasteiger partial charge in [0.2, 0.25) is 0 Å². The SMILES string of the molecule is CC(C)(C)c1ccnc(OC(=O)N2CCCCC2N)n1. The number of rotatable bonds is 1. The third-order valence-corrected chi connectivity index (χ3v) is 3.36. The van der Waals surface area contributed by atoms with Crippen LogP contribution in [0.1, 0.15) is 45.7 Å². The maximum atomic E-state index is 12.1. The van der Waals surface area contributed by atoms with E-state index in [2.05, 4.69) is 9.97 Å². The van der Waals surface area contributed by atoms with Crippen molar-refractivity contribution in [3.05, 3.63) is 18.0 Å². The number of likely N-dealkylation sites (tertiary alicyclic amines) is 1. The predicted octanol–water partition coefficient (Wildman–Crippen LogP) is 2.04. The van der Waals surface area contributed by atoms with Crippen molar-refractivity contribution < 1.29 is 9.53 Å². The molecule has 2 rings (SSSR count). The Bertz CT molecular complexity index is 484. The molecule has 110 valence electrons. The number of amides is 1. The van der Waals surface area contributed by atoms with Crippen molar-refractivity contribution in [3.8, 4) is 6.01 Å². The van der Waals surface area contributed by atoms with Gasteiger partial charge in [-0.1, -0.05) is 20.8 Å². The smallest absolute Gasteiger partial charge is 0.374 e. The number of hydrogen-bond acceptors (Lipinski definition) is 5.